The number of rotatable bonds is 4. The molecule has 3 heterocycles. The van der Waals surface area contributed by atoms with E-state index in [0.29, 0.717) is 11.7 Å². The molecule has 0 aromatic carbocycles. The third-order valence-electron chi connectivity index (χ3n) is 4.11. The van der Waals surface area contributed by atoms with E-state index in [-0.39, 0.29) is 0 Å². The van der Waals surface area contributed by atoms with Crippen LogP contribution in [0.5, 0.6) is 0 Å². The van der Waals surface area contributed by atoms with Gasteiger partial charge in [-0.05, 0) is 31.4 Å². The molecular formula is C17H20N6. The van der Waals surface area contributed by atoms with Gasteiger partial charge in [-0.1, -0.05) is 13.0 Å². The summed E-state index contributed by atoms with van der Waals surface area (Å²) in [4.78, 5) is 15.2. The quantitative estimate of drug-likeness (QED) is 0.934. The van der Waals surface area contributed by atoms with E-state index in [1.165, 1.54) is 0 Å². The van der Waals surface area contributed by atoms with Gasteiger partial charge in [-0.2, -0.15) is 5.26 Å². The standard InChI is InChI=1S/C17H20N6/c1-2-13-10-17(20-12-19-13)23-8-6-14(7-9-23)21-16-5-3-4-15(11-18)22-16/h3-5,10,12,14H,2,6-9H2,1H3,(H,21,22). The van der Waals surface area contributed by atoms with Crippen molar-refractivity contribution in [1.82, 2.24) is 15.0 Å². The lowest BCUT2D eigenvalue weighted by atomic mass is 10.0. The second kappa shape index (κ2) is 7.05. The van der Waals surface area contributed by atoms with Crippen LogP contribution in [-0.4, -0.2) is 34.1 Å². The lowest BCUT2D eigenvalue weighted by Gasteiger charge is -2.33. The Morgan fingerprint density at radius 1 is 1.30 bits per heavy atom. The molecule has 6 nitrogen and oxygen atoms in total. The second-order valence-corrected chi connectivity index (χ2v) is 5.65. The predicted octanol–water partition coefficient (Wildman–Crippen LogP) is 2.39. The van der Waals surface area contributed by atoms with Gasteiger partial charge in [0.05, 0.1) is 0 Å². The molecule has 1 aliphatic rings. The summed E-state index contributed by atoms with van der Waals surface area (Å²) in [7, 11) is 0. The number of aryl methyl sites for hydroxylation is 1. The average Bonchev–Trinajstić information content (AvgIpc) is 2.62. The van der Waals surface area contributed by atoms with Gasteiger partial charge in [0.25, 0.3) is 0 Å². The van der Waals surface area contributed by atoms with Gasteiger partial charge < -0.3 is 10.2 Å². The average molecular weight is 308 g/mol. The first kappa shape index (κ1) is 15.2. The van der Waals surface area contributed by atoms with Crippen LogP contribution in [0.1, 0.15) is 31.2 Å². The van der Waals surface area contributed by atoms with E-state index >= 15 is 0 Å². The zero-order chi connectivity index (χ0) is 16.1. The van der Waals surface area contributed by atoms with E-state index in [0.717, 1.165) is 49.7 Å². The first-order valence-electron chi connectivity index (χ1n) is 7.98. The van der Waals surface area contributed by atoms with Gasteiger partial charge in [0.15, 0.2) is 0 Å². The molecule has 118 valence electrons. The number of nitriles is 1. The predicted molar refractivity (Wildman–Crippen MR) is 89.2 cm³/mol. The third-order valence-corrected chi connectivity index (χ3v) is 4.11. The molecule has 2 aromatic rings. The van der Waals surface area contributed by atoms with E-state index in [1.54, 1.807) is 12.4 Å². The zero-order valence-electron chi connectivity index (χ0n) is 13.2. The lowest BCUT2D eigenvalue weighted by molar-refractivity contribution is 0.522. The summed E-state index contributed by atoms with van der Waals surface area (Å²) in [5, 5.41) is 12.3. The fourth-order valence-corrected chi connectivity index (χ4v) is 2.79. The minimum Gasteiger partial charge on any atom is -0.367 e. The van der Waals surface area contributed by atoms with Crippen molar-refractivity contribution in [3.63, 3.8) is 0 Å². The van der Waals surface area contributed by atoms with Crippen molar-refractivity contribution in [3.05, 3.63) is 42.0 Å². The monoisotopic (exact) mass is 308 g/mol. The number of hydrogen-bond acceptors (Lipinski definition) is 6. The van der Waals surface area contributed by atoms with E-state index in [9.17, 15) is 0 Å². The van der Waals surface area contributed by atoms with Crippen LogP contribution in [0.2, 0.25) is 0 Å². The molecule has 0 aliphatic carbocycles. The second-order valence-electron chi connectivity index (χ2n) is 5.65. The Bertz CT molecular complexity index is 700. The molecule has 0 bridgehead atoms. The van der Waals surface area contributed by atoms with Crippen LogP contribution in [-0.2, 0) is 6.42 Å². The van der Waals surface area contributed by atoms with Gasteiger partial charge in [0, 0.05) is 30.9 Å². The Kier molecular flexibility index (Phi) is 4.67. The topological polar surface area (TPSA) is 77.7 Å². The Morgan fingerprint density at radius 2 is 2.13 bits per heavy atom. The number of piperidine rings is 1. The van der Waals surface area contributed by atoms with Crippen LogP contribution in [0.15, 0.2) is 30.6 Å². The molecule has 0 amide bonds. The molecule has 1 saturated heterocycles. The Balaban J connectivity index is 1.58. The SMILES string of the molecule is CCc1cc(N2CCC(Nc3cccc(C#N)n3)CC2)ncn1. The fraction of sp³-hybridized carbons (Fsp3) is 0.412. The summed E-state index contributed by atoms with van der Waals surface area (Å²) < 4.78 is 0. The number of anilines is 2. The molecule has 23 heavy (non-hydrogen) atoms. The maximum absolute atomic E-state index is 8.91. The maximum atomic E-state index is 8.91. The van der Waals surface area contributed by atoms with Gasteiger partial charge in [-0.15, -0.1) is 0 Å². The van der Waals surface area contributed by atoms with Crippen molar-refractivity contribution in [3.8, 4) is 6.07 Å². The van der Waals surface area contributed by atoms with Gasteiger partial charge >= 0.3 is 0 Å². The summed E-state index contributed by atoms with van der Waals surface area (Å²) in [6.45, 7) is 4.01. The molecule has 6 heteroatoms. The van der Waals surface area contributed by atoms with Crippen LogP contribution < -0.4 is 10.2 Å². The summed E-state index contributed by atoms with van der Waals surface area (Å²) in [6.07, 6.45) is 4.61. The number of hydrogen-bond donors (Lipinski definition) is 1. The van der Waals surface area contributed by atoms with Gasteiger partial charge in [0.1, 0.15) is 29.7 Å². The van der Waals surface area contributed by atoms with Gasteiger partial charge in [0.2, 0.25) is 0 Å². The highest BCUT2D eigenvalue weighted by molar-refractivity contribution is 5.42. The van der Waals surface area contributed by atoms with Crippen LogP contribution in [0.4, 0.5) is 11.6 Å². The fourth-order valence-electron chi connectivity index (χ4n) is 2.79. The lowest BCUT2D eigenvalue weighted by Crippen LogP contribution is -2.39. The minimum atomic E-state index is 0.375. The van der Waals surface area contributed by atoms with Crippen LogP contribution in [0.25, 0.3) is 0 Å². The molecule has 0 atom stereocenters. The molecule has 0 radical (unpaired) electrons. The van der Waals surface area contributed by atoms with Gasteiger partial charge in [-0.3, -0.25) is 0 Å². The number of nitrogens with one attached hydrogen (secondary N) is 1. The van der Waals surface area contributed by atoms with Crippen molar-refractivity contribution in [2.24, 2.45) is 0 Å². The molecule has 3 rings (SSSR count). The minimum absolute atomic E-state index is 0.375. The van der Waals surface area contributed by atoms with Crippen molar-refractivity contribution in [1.29, 1.82) is 5.26 Å². The largest absolute Gasteiger partial charge is 0.367 e. The summed E-state index contributed by atoms with van der Waals surface area (Å²) in [6, 6.07) is 10.0. The molecule has 2 aromatic heterocycles. The smallest absolute Gasteiger partial charge is 0.142 e. The molecule has 1 N–H and O–H groups in total. The van der Waals surface area contributed by atoms with E-state index in [1.807, 2.05) is 12.1 Å². The summed E-state index contributed by atoms with van der Waals surface area (Å²) >= 11 is 0. The highest BCUT2D eigenvalue weighted by Gasteiger charge is 2.20. The van der Waals surface area contributed by atoms with Crippen LogP contribution >= 0.6 is 0 Å². The van der Waals surface area contributed by atoms with Crippen molar-refractivity contribution >= 4 is 11.6 Å². The normalized spacial score (nSPS) is 15.2. The first-order valence-corrected chi connectivity index (χ1v) is 7.98. The van der Waals surface area contributed by atoms with Crippen LogP contribution in [0.3, 0.4) is 0 Å². The Morgan fingerprint density at radius 3 is 2.87 bits per heavy atom. The van der Waals surface area contributed by atoms with Crippen molar-refractivity contribution in [2.45, 2.75) is 32.2 Å². The number of pyridine rings is 1. The zero-order valence-corrected chi connectivity index (χ0v) is 13.2. The molecule has 1 aliphatic heterocycles. The van der Waals surface area contributed by atoms with Crippen LogP contribution in [0, 0.1) is 11.3 Å². The summed E-state index contributed by atoms with van der Waals surface area (Å²) in [5.74, 6) is 1.79. The molecule has 0 saturated carbocycles. The van der Waals surface area contributed by atoms with Gasteiger partial charge in [-0.25, -0.2) is 15.0 Å². The van der Waals surface area contributed by atoms with E-state index < -0.39 is 0 Å². The highest BCUT2D eigenvalue weighted by Crippen LogP contribution is 2.20. The third kappa shape index (κ3) is 3.75. The molecule has 0 spiro atoms. The number of aromatic nitrogens is 3. The highest BCUT2D eigenvalue weighted by atomic mass is 15.2. The van der Waals surface area contributed by atoms with E-state index in [2.05, 4.69) is 44.2 Å². The Labute approximate surface area is 136 Å². The first-order chi connectivity index (χ1) is 11.3. The molecular weight excluding hydrogens is 288 g/mol. The van der Waals surface area contributed by atoms with Crippen molar-refractivity contribution < 1.29 is 0 Å². The maximum Gasteiger partial charge on any atom is 0.142 e. The van der Waals surface area contributed by atoms with Crippen molar-refractivity contribution in [2.75, 3.05) is 23.3 Å². The molecule has 1 fully saturated rings. The van der Waals surface area contributed by atoms with E-state index in [4.69, 9.17) is 5.26 Å². The Hall–Kier alpha value is -2.68. The molecule has 0 unspecified atom stereocenters. The summed E-state index contributed by atoms with van der Waals surface area (Å²) in [5.41, 5.74) is 1.52. The number of nitrogens with zero attached hydrogens (tertiary/aromatic N) is 5.